The average molecular weight is 313 g/mol. The Balaban J connectivity index is 2.47. The lowest BCUT2D eigenvalue weighted by atomic mass is 10.2. The van der Waals surface area contributed by atoms with Gasteiger partial charge in [-0.2, -0.15) is 0 Å². The van der Waals surface area contributed by atoms with Crippen LogP contribution >= 0.6 is 27.7 Å². The molecule has 0 aliphatic heterocycles. The van der Waals surface area contributed by atoms with Crippen LogP contribution in [0.25, 0.3) is 0 Å². The molecular formula is C12H13BrN2OS. The summed E-state index contributed by atoms with van der Waals surface area (Å²) in [5, 5.41) is 2.80. The number of rotatable bonds is 5. The van der Waals surface area contributed by atoms with Gasteiger partial charge in [0.1, 0.15) is 0 Å². The van der Waals surface area contributed by atoms with E-state index in [2.05, 4.69) is 27.2 Å². The fourth-order valence-corrected chi connectivity index (χ4v) is 2.06. The predicted octanol–water partition coefficient (Wildman–Crippen LogP) is 2.13. The van der Waals surface area contributed by atoms with Crippen LogP contribution in [-0.2, 0) is 0 Å². The summed E-state index contributed by atoms with van der Waals surface area (Å²) in [7, 11) is 0. The fraction of sp³-hybridized carbons (Fsp3) is 0.250. The van der Waals surface area contributed by atoms with Crippen LogP contribution in [0.1, 0.15) is 10.4 Å². The second-order valence-corrected chi connectivity index (χ2v) is 5.27. The second kappa shape index (κ2) is 7.25. The van der Waals surface area contributed by atoms with Crippen LogP contribution in [0.3, 0.4) is 0 Å². The molecule has 3 nitrogen and oxygen atoms in total. The highest BCUT2D eigenvalue weighted by atomic mass is 79.9. The van der Waals surface area contributed by atoms with Gasteiger partial charge in [-0.1, -0.05) is 21.9 Å². The summed E-state index contributed by atoms with van der Waals surface area (Å²) in [6.07, 6.45) is 5.12. The molecule has 0 saturated carbocycles. The van der Waals surface area contributed by atoms with E-state index >= 15 is 0 Å². The molecule has 0 unspecified atom stereocenters. The molecule has 0 atom stereocenters. The molecule has 0 fully saturated rings. The first-order valence-electron chi connectivity index (χ1n) is 4.99. The van der Waals surface area contributed by atoms with Crippen LogP contribution in [-0.4, -0.2) is 24.0 Å². The van der Waals surface area contributed by atoms with Gasteiger partial charge >= 0.3 is 0 Å². The lowest BCUT2D eigenvalue weighted by Crippen LogP contribution is -2.26. The summed E-state index contributed by atoms with van der Waals surface area (Å²) >= 11 is 4.91. The summed E-state index contributed by atoms with van der Waals surface area (Å²) in [5.74, 6) is 3.82. The van der Waals surface area contributed by atoms with E-state index in [1.54, 1.807) is 30.0 Å². The number of benzene rings is 1. The van der Waals surface area contributed by atoms with Gasteiger partial charge in [-0.15, -0.1) is 18.2 Å². The van der Waals surface area contributed by atoms with E-state index in [0.717, 1.165) is 10.2 Å². The zero-order valence-corrected chi connectivity index (χ0v) is 11.6. The van der Waals surface area contributed by atoms with Gasteiger partial charge in [0.05, 0.1) is 11.3 Å². The molecule has 3 N–H and O–H groups in total. The maximum absolute atomic E-state index is 11.8. The van der Waals surface area contributed by atoms with Crippen LogP contribution in [0.4, 0.5) is 5.69 Å². The van der Waals surface area contributed by atoms with E-state index in [1.807, 2.05) is 0 Å². The number of nitrogen functional groups attached to an aromatic ring is 1. The number of hydrogen-bond donors (Lipinski definition) is 2. The Morgan fingerprint density at radius 3 is 3.06 bits per heavy atom. The molecule has 1 rings (SSSR count). The molecule has 0 aromatic heterocycles. The SMILES string of the molecule is C#CCSCCNC(=O)c1cc(Br)ccc1N. The van der Waals surface area contributed by atoms with Gasteiger partial charge in [0.2, 0.25) is 0 Å². The van der Waals surface area contributed by atoms with Crippen LogP contribution in [0, 0.1) is 12.3 Å². The van der Waals surface area contributed by atoms with E-state index in [1.165, 1.54) is 0 Å². The Hall–Kier alpha value is -1.12. The number of anilines is 1. The lowest BCUT2D eigenvalue weighted by molar-refractivity contribution is 0.0957. The minimum absolute atomic E-state index is 0.162. The number of thioether (sulfide) groups is 1. The Bertz CT molecular complexity index is 443. The number of amides is 1. The molecule has 17 heavy (non-hydrogen) atoms. The molecule has 0 bridgehead atoms. The van der Waals surface area contributed by atoms with Gasteiger partial charge < -0.3 is 11.1 Å². The van der Waals surface area contributed by atoms with E-state index in [9.17, 15) is 4.79 Å². The molecule has 0 saturated heterocycles. The minimum Gasteiger partial charge on any atom is -0.398 e. The zero-order valence-electron chi connectivity index (χ0n) is 9.20. The Morgan fingerprint density at radius 1 is 1.59 bits per heavy atom. The normalized spacial score (nSPS) is 9.65. The van der Waals surface area contributed by atoms with E-state index < -0.39 is 0 Å². The summed E-state index contributed by atoms with van der Waals surface area (Å²) in [4.78, 5) is 11.8. The first-order valence-corrected chi connectivity index (χ1v) is 6.94. The highest BCUT2D eigenvalue weighted by Crippen LogP contribution is 2.18. The molecule has 1 amide bonds. The predicted molar refractivity (Wildman–Crippen MR) is 77.0 cm³/mol. The van der Waals surface area contributed by atoms with Crippen LogP contribution < -0.4 is 11.1 Å². The van der Waals surface area contributed by atoms with Gasteiger partial charge in [-0.3, -0.25) is 4.79 Å². The highest BCUT2D eigenvalue weighted by Gasteiger charge is 2.09. The molecule has 0 aliphatic carbocycles. The van der Waals surface area contributed by atoms with Crippen molar-refractivity contribution in [3.05, 3.63) is 28.2 Å². The topological polar surface area (TPSA) is 55.1 Å². The number of hydrogen-bond acceptors (Lipinski definition) is 3. The van der Waals surface area contributed by atoms with Crippen molar-refractivity contribution >= 4 is 39.3 Å². The average Bonchev–Trinajstić information content (AvgIpc) is 2.32. The Kier molecular flexibility index (Phi) is 5.95. The number of terminal acetylenes is 1. The number of halogens is 1. The maximum Gasteiger partial charge on any atom is 0.253 e. The molecule has 0 radical (unpaired) electrons. The van der Waals surface area contributed by atoms with Crippen LogP contribution in [0.2, 0.25) is 0 Å². The smallest absolute Gasteiger partial charge is 0.253 e. The quantitative estimate of drug-likeness (QED) is 0.497. The standard InChI is InChI=1S/C12H13BrN2OS/c1-2-6-17-7-5-15-12(16)10-8-9(13)3-4-11(10)14/h1,3-4,8H,5-7,14H2,(H,15,16). The third-order valence-electron chi connectivity index (χ3n) is 1.98. The summed E-state index contributed by atoms with van der Waals surface area (Å²) in [6, 6.07) is 5.21. The molecule has 5 heteroatoms. The largest absolute Gasteiger partial charge is 0.398 e. The van der Waals surface area contributed by atoms with Gasteiger partial charge in [0, 0.05) is 22.5 Å². The van der Waals surface area contributed by atoms with Crippen molar-refractivity contribution in [3.8, 4) is 12.3 Å². The highest BCUT2D eigenvalue weighted by molar-refractivity contribution is 9.10. The number of carbonyl (C=O) groups excluding carboxylic acids is 1. The maximum atomic E-state index is 11.8. The summed E-state index contributed by atoms with van der Waals surface area (Å²) in [6.45, 7) is 0.580. The summed E-state index contributed by atoms with van der Waals surface area (Å²) in [5.41, 5.74) is 6.69. The van der Waals surface area contributed by atoms with Crippen molar-refractivity contribution in [2.45, 2.75) is 0 Å². The van der Waals surface area contributed by atoms with Crippen LogP contribution in [0.15, 0.2) is 22.7 Å². The molecular weight excluding hydrogens is 300 g/mol. The molecule has 0 heterocycles. The van der Waals surface area contributed by atoms with Crippen molar-refractivity contribution < 1.29 is 4.79 Å². The van der Waals surface area contributed by atoms with Crippen molar-refractivity contribution in [1.82, 2.24) is 5.32 Å². The number of nitrogens with one attached hydrogen (secondary N) is 1. The molecule has 0 aliphatic rings. The second-order valence-electron chi connectivity index (χ2n) is 3.24. The summed E-state index contributed by atoms with van der Waals surface area (Å²) < 4.78 is 0.832. The lowest BCUT2D eigenvalue weighted by Gasteiger charge is -2.07. The molecule has 1 aromatic carbocycles. The first-order chi connectivity index (χ1) is 8.15. The van der Waals surface area contributed by atoms with E-state index in [4.69, 9.17) is 12.2 Å². The van der Waals surface area contributed by atoms with Gasteiger partial charge in [-0.25, -0.2) is 0 Å². The Labute approximate surface area is 114 Å². The van der Waals surface area contributed by atoms with E-state index in [-0.39, 0.29) is 5.91 Å². The van der Waals surface area contributed by atoms with Gasteiger partial charge in [-0.05, 0) is 18.2 Å². The van der Waals surface area contributed by atoms with Crippen LogP contribution in [0.5, 0.6) is 0 Å². The first kappa shape index (κ1) is 13.9. The van der Waals surface area contributed by atoms with Gasteiger partial charge in [0.25, 0.3) is 5.91 Å². The molecule has 1 aromatic rings. The number of nitrogens with two attached hydrogens (primary N) is 1. The molecule has 90 valence electrons. The minimum atomic E-state index is -0.162. The number of carbonyl (C=O) groups is 1. The molecule has 0 spiro atoms. The van der Waals surface area contributed by atoms with Crippen molar-refractivity contribution in [1.29, 1.82) is 0 Å². The van der Waals surface area contributed by atoms with Crippen molar-refractivity contribution in [2.24, 2.45) is 0 Å². The van der Waals surface area contributed by atoms with E-state index in [0.29, 0.717) is 23.5 Å². The third kappa shape index (κ3) is 4.72. The van der Waals surface area contributed by atoms with Crippen molar-refractivity contribution in [3.63, 3.8) is 0 Å². The van der Waals surface area contributed by atoms with Crippen molar-refractivity contribution in [2.75, 3.05) is 23.8 Å². The van der Waals surface area contributed by atoms with Gasteiger partial charge in [0.15, 0.2) is 0 Å². The Morgan fingerprint density at radius 2 is 2.35 bits per heavy atom. The monoisotopic (exact) mass is 312 g/mol. The zero-order chi connectivity index (χ0) is 12.7. The third-order valence-corrected chi connectivity index (χ3v) is 3.33. The fourth-order valence-electron chi connectivity index (χ4n) is 1.19.